The zero-order valence-electron chi connectivity index (χ0n) is 11.0. The lowest BCUT2D eigenvalue weighted by molar-refractivity contribution is 0.103. The van der Waals surface area contributed by atoms with Crippen LogP contribution >= 0.6 is 0 Å². The summed E-state index contributed by atoms with van der Waals surface area (Å²) < 4.78 is 6.82. The number of nitrogens with zero attached hydrogens (tertiary/aromatic N) is 2. The molecule has 4 nitrogen and oxygen atoms in total. The van der Waals surface area contributed by atoms with Crippen LogP contribution in [0.1, 0.15) is 23.0 Å². The van der Waals surface area contributed by atoms with Gasteiger partial charge in [-0.1, -0.05) is 18.2 Å². The van der Waals surface area contributed by atoms with Gasteiger partial charge in [-0.15, -0.1) is 0 Å². The third kappa shape index (κ3) is 3.10. The van der Waals surface area contributed by atoms with E-state index in [0.29, 0.717) is 12.2 Å². The number of carbonyl (C=O) groups is 1. The lowest BCUT2D eigenvalue weighted by Crippen LogP contribution is -2.07. The number of carbonyl (C=O) groups excluding carboxylic acids is 1. The van der Waals surface area contributed by atoms with Crippen molar-refractivity contribution < 1.29 is 9.53 Å². The fourth-order valence-corrected chi connectivity index (χ4v) is 1.80. The maximum Gasteiger partial charge on any atom is 0.203 e. The summed E-state index contributed by atoms with van der Waals surface area (Å²) >= 11 is 0. The highest BCUT2D eigenvalue weighted by molar-refractivity contribution is 6.05. The van der Waals surface area contributed by atoms with E-state index in [4.69, 9.17) is 4.74 Å². The first-order valence-corrected chi connectivity index (χ1v) is 6.13. The van der Waals surface area contributed by atoms with Crippen molar-refractivity contribution in [1.29, 1.82) is 0 Å². The Bertz CT molecular complexity index is 600. The molecule has 0 saturated heterocycles. The molecule has 4 heteroatoms. The number of aryl methyl sites for hydroxylation is 1. The monoisotopic (exact) mass is 256 g/mol. The maximum absolute atomic E-state index is 12.0. The second-order valence-corrected chi connectivity index (χ2v) is 4.01. The van der Waals surface area contributed by atoms with Crippen LogP contribution in [-0.4, -0.2) is 22.7 Å². The molecule has 1 aromatic carbocycles. The van der Waals surface area contributed by atoms with Crippen molar-refractivity contribution in [3.8, 4) is 5.75 Å². The first-order chi connectivity index (χ1) is 9.24. The van der Waals surface area contributed by atoms with E-state index in [-0.39, 0.29) is 5.78 Å². The summed E-state index contributed by atoms with van der Waals surface area (Å²) in [6.45, 7) is 2.64. The number of aromatic nitrogens is 2. The lowest BCUT2D eigenvalue weighted by atomic mass is 10.1. The minimum absolute atomic E-state index is 0.0535. The summed E-state index contributed by atoms with van der Waals surface area (Å²) in [4.78, 5) is 12.0. The standard InChI is InChI=1S/C15H16N2O2/c1-3-17-14(9-10-16-17)15(18)8-7-12-5-4-6-13(11-12)19-2/h4-11H,3H2,1-2H3/b8-7+. The van der Waals surface area contributed by atoms with Crippen LogP contribution in [0.4, 0.5) is 0 Å². The largest absolute Gasteiger partial charge is 0.497 e. The van der Waals surface area contributed by atoms with Gasteiger partial charge in [0.05, 0.1) is 7.11 Å². The van der Waals surface area contributed by atoms with Crippen molar-refractivity contribution in [3.63, 3.8) is 0 Å². The molecule has 0 aliphatic rings. The van der Waals surface area contributed by atoms with E-state index < -0.39 is 0 Å². The Balaban J connectivity index is 2.16. The third-order valence-corrected chi connectivity index (χ3v) is 2.79. The smallest absolute Gasteiger partial charge is 0.203 e. The van der Waals surface area contributed by atoms with Gasteiger partial charge in [-0.3, -0.25) is 9.48 Å². The second-order valence-electron chi connectivity index (χ2n) is 4.01. The van der Waals surface area contributed by atoms with Crippen LogP contribution in [0.5, 0.6) is 5.75 Å². The second kappa shape index (κ2) is 6.00. The molecule has 0 amide bonds. The van der Waals surface area contributed by atoms with Crippen molar-refractivity contribution >= 4 is 11.9 Å². The number of methoxy groups -OCH3 is 1. The van der Waals surface area contributed by atoms with Crippen molar-refractivity contribution in [2.75, 3.05) is 7.11 Å². The predicted molar refractivity (Wildman–Crippen MR) is 74.3 cm³/mol. The summed E-state index contributed by atoms with van der Waals surface area (Å²) in [7, 11) is 1.62. The molecule has 0 radical (unpaired) electrons. The highest BCUT2D eigenvalue weighted by Gasteiger charge is 2.07. The van der Waals surface area contributed by atoms with E-state index >= 15 is 0 Å². The molecule has 0 N–H and O–H groups in total. The quantitative estimate of drug-likeness (QED) is 0.610. The first-order valence-electron chi connectivity index (χ1n) is 6.13. The summed E-state index contributed by atoms with van der Waals surface area (Å²) in [5.74, 6) is 0.718. The van der Waals surface area contributed by atoms with Gasteiger partial charge in [-0.2, -0.15) is 5.10 Å². The number of allylic oxidation sites excluding steroid dienone is 1. The number of benzene rings is 1. The number of rotatable bonds is 5. The number of hydrogen-bond acceptors (Lipinski definition) is 3. The Hall–Kier alpha value is -2.36. The van der Waals surface area contributed by atoms with Gasteiger partial charge >= 0.3 is 0 Å². The SMILES string of the molecule is CCn1nccc1C(=O)/C=C/c1cccc(OC)c1. The van der Waals surface area contributed by atoms with Gasteiger partial charge in [0.25, 0.3) is 0 Å². The molecule has 2 rings (SSSR count). The van der Waals surface area contributed by atoms with Gasteiger partial charge in [-0.05, 0) is 36.8 Å². The van der Waals surface area contributed by atoms with E-state index in [9.17, 15) is 4.79 Å². The molecule has 1 aromatic heterocycles. The average molecular weight is 256 g/mol. The van der Waals surface area contributed by atoms with Crippen LogP contribution in [0.3, 0.4) is 0 Å². The van der Waals surface area contributed by atoms with Crippen LogP contribution in [0.15, 0.2) is 42.6 Å². The van der Waals surface area contributed by atoms with Crippen molar-refractivity contribution in [2.45, 2.75) is 13.5 Å². The molecule has 1 heterocycles. The molecule has 98 valence electrons. The lowest BCUT2D eigenvalue weighted by Gasteiger charge is -2.01. The Morgan fingerprint density at radius 2 is 2.26 bits per heavy atom. The van der Waals surface area contributed by atoms with Crippen molar-refractivity contribution in [3.05, 3.63) is 53.9 Å². The number of ether oxygens (including phenoxy) is 1. The van der Waals surface area contributed by atoms with Crippen LogP contribution in [0.2, 0.25) is 0 Å². The van der Waals surface area contributed by atoms with E-state index in [0.717, 1.165) is 11.3 Å². The van der Waals surface area contributed by atoms with Crippen LogP contribution in [-0.2, 0) is 6.54 Å². The van der Waals surface area contributed by atoms with Gasteiger partial charge < -0.3 is 4.74 Å². The minimum atomic E-state index is -0.0535. The molecule has 0 unspecified atom stereocenters. The number of ketones is 1. The Kier molecular flexibility index (Phi) is 4.13. The average Bonchev–Trinajstić information content (AvgIpc) is 2.93. The predicted octanol–water partition coefficient (Wildman–Crippen LogP) is 2.81. The van der Waals surface area contributed by atoms with Crippen LogP contribution in [0, 0.1) is 0 Å². The highest BCUT2D eigenvalue weighted by atomic mass is 16.5. The summed E-state index contributed by atoms with van der Waals surface area (Å²) in [5, 5.41) is 4.08. The summed E-state index contributed by atoms with van der Waals surface area (Å²) in [6, 6.07) is 9.27. The molecular formula is C15H16N2O2. The first kappa shape index (κ1) is 13.1. The van der Waals surface area contributed by atoms with Gasteiger partial charge in [0.15, 0.2) is 0 Å². The fraction of sp³-hybridized carbons (Fsp3) is 0.200. The Morgan fingerprint density at radius 3 is 3.00 bits per heavy atom. The molecule has 0 atom stereocenters. The molecule has 0 spiro atoms. The molecule has 2 aromatic rings. The molecular weight excluding hydrogens is 240 g/mol. The van der Waals surface area contributed by atoms with E-state index in [1.165, 1.54) is 0 Å². The fourth-order valence-electron chi connectivity index (χ4n) is 1.80. The zero-order valence-corrected chi connectivity index (χ0v) is 11.0. The van der Waals surface area contributed by atoms with Gasteiger partial charge in [-0.25, -0.2) is 0 Å². The minimum Gasteiger partial charge on any atom is -0.497 e. The Labute approximate surface area is 112 Å². The molecule has 0 bridgehead atoms. The van der Waals surface area contributed by atoms with Gasteiger partial charge in [0.2, 0.25) is 5.78 Å². The third-order valence-electron chi connectivity index (χ3n) is 2.79. The van der Waals surface area contributed by atoms with Crippen LogP contribution in [0.25, 0.3) is 6.08 Å². The summed E-state index contributed by atoms with van der Waals surface area (Å²) in [6.07, 6.45) is 4.96. The molecule has 19 heavy (non-hydrogen) atoms. The van der Waals surface area contributed by atoms with E-state index in [1.807, 2.05) is 31.2 Å². The maximum atomic E-state index is 12.0. The van der Waals surface area contributed by atoms with Gasteiger partial charge in [0, 0.05) is 12.7 Å². The normalized spacial score (nSPS) is 10.8. The van der Waals surface area contributed by atoms with E-state index in [1.54, 1.807) is 36.2 Å². The Morgan fingerprint density at radius 1 is 1.42 bits per heavy atom. The molecule has 0 saturated carbocycles. The van der Waals surface area contributed by atoms with Crippen molar-refractivity contribution in [2.24, 2.45) is 0 Å². The van der Waals surface area contributed by atoms with Crippen LogP contribution < -0.4 is 4.74 Å². The molecule has 0 fully saturated rings. The topological polar surface area (TPSA) is 44.1 Å². The van der Waals surface area contributed by atoms with E-state index in [2.05, 4.69) is 5.10 Å². The highest BCUT2D eigenvalue weighted by Crippen LogP contribution is 2.14. The number of hydrogen-bond donors (Lipinski definition) is 0. The zero-order chi connectivity index (χ0) is 13.7. The molecule has 0 aliphatic carbocycles. The van der Waals surface area contributed by atoms with Gasteiger partial charge in [0.1, 0.15) is 11.4 Å². The summed E-state index contributed by atoms with van der Waals surface area (Å²) in [5.41, 5.74) is 1.52. The molecule has 0 aliphatic heterocycles. The van der Waals surface area contributed by atoms with Crippen molar-refractivity contribution in [1.82, 2.24) is 9.78 Å².